The average molecular weight is 269 g/mol. The molecular formula is C12H22F3NS. The number of nitrogens with one attached hydrogen (secondary N) is 1. The van der Waals surface area contributed by atoms with Gasteiger partial charge in [-0.2, -0.15) is 24.9 Å². The molecule has 0 bridgehead atoms. The quantitative estimate of drug-likeness (QED) is 0.761. The van der Waals surface area contributed by atoms with E-state index in [0.717, 1.165) is 12.2 Å². The predicted molar refractivity (Wildman–Crippen MR) is 67.4 cm³/mol. The second-order valence-corrected chi connectivity index (χ2v) is 6.64. The van der Waals surface area contributed by atoms with E-state index in [4.69, 9.17) is 0 Å². The van der Waals surface area contributed by atoms with Crippen molar-refractivity contribution in [2.24, 2.45) is 5.41 Å². The molecule has 0 radical (unpaired) electrons. The maximum absolute atomic E-state index is 11.9. The van der Waals surface area contributed by atoms with Crippen LogP contribution in [0.1, 0.15) is 39.5 Å². The summed E-state index contributed by atoms with van der Waals surface area (Å²) in [5, 5.41) is 3.38. The summed E-state index contributed by atoms with van der Waals surface area (Å²) >= 11 is 1.94. The molecule has 0 aromatic heterocycles. The highest BCUT2D eigenvalue weighted by atomic mass is 32.2. The first-order valence-electron chi connectivity index (χ1n) is 6.16. The molecule has 1 saturated heterocycles. The topological polar surface area (TPSA) is 12.0 Å². The minimum atomic E-state index is -4.00. The lowest BCUT2D eigenvalue weighted by atomic mass is 9.88. The molecule has 1 N–H and O–H groups in total. The maximum Gasteiger partial charge on any atom is 0.389 e. The molecule has 102 valence electrons. The van der Waals surface area contributed by atoms with Crippen LogP contribution >= 0.6 is 11.8 Å². The van der Waals surface area contributed by atoms with Crippen molar-refractivity contribution in [2.45, 2.75) is 51.7 Å². The third-order valence-electron chi connectivity index (χ3n) is 2.93. The van der Waals surface area contributed by atoms with Crippen LogP contribution in [0, 0.1) is 5.41 Å². The summed E-state index contributed by atoms with van der Waals surface area (Å²) in [5.41, 5.74) is 0.354. The second kappa shape index (κ2) is 6.32. The highest BCUT2D eigenvalue weighted by Crippen LogP contribution is 2.33. The van der Waals surface area contributed by atoms with E-state index >= 15 is 0 Å². The van der Waals surface area contributed by atoms with Crippen LogP contribution in [0.2, 0.25) is 0 Å². The fourth-order valence-corrected chi connectivity index (χ4v) is 3.46. The first kappa shape index (κ1) is 15.2. The monoisotopic (exact) mass is 269 g/mol. The number of hydrogen-bond donors (Lipinski definition) is 1. The van der Waals surface area contributed by atoms with Crippen molar-refractivity contribution in [1.29, 1.82) is 0 Å². The van der Waals surface area contributed by atoms with Crippen molar-refractivity contribution in [3.8, 4) is 0 Å². The molecule has 1 rings (SSSR count). The van der Waals surface area contributed by atoms with E-state index in [1.807, 2.05) is 11.8 Å². The van der Waals surface area contributed by atoms with Gasteiger partial charge in [-0.3, -0.25) is 0 Å². The molecule has 0 aromatic rings. The summed E-state index contributed by atoms with van der Waals surface area (Å²) in [4.78, 5) is 0. The molecule has 1 aliphatic heterocycles. The number of alkyl halides is 3. The fraction of sp³-hybridized carbons (Fsp3) is 1.00. The Bertz CT molecular complexity index is 228. The van der Waals surface area contributed by atoms with Gasteiger partial charge in [0.1, 0.15) is 0 Å². The molecule has 1 nitrogen and oxygen atoms in total. The van der Waals surface area contributed by atoms with Crippen LogP contribution in [-0.4, -0.2) is 30.3 Å². The van der Waals surface area contributed by atoms with Crippen molar-refractivity contribution in [2.75, 3.05) is 18.1 Å². The number of thioether (sulfide) groups is 1. The summed E-state index contributed by atoms with van der Waals surface area (Å²) in [7, 11) is 0. The van der Waals surface area contributed by atoms with Gasteiger partial charge in [0, 0.05) is 18.2 Å². The normalized spacial score (nSPS) is 24.9. The molecular weight excluding hydrogens is 247 g/mol. The number of rotatable bonds is 5. The lowest BCUT2D eigenvalue weighted by Gasteiger charge is -2.35. The molecule has 0 spiro atoms. The summed E-state index contributed by atoms with van der Waals surface area (Å²) in [6.07, 6.45) is -2.68. The molecule has 1 fully saturated rings. The van der Waals surface area contributed by atoms with Gasteiger partial charge >= 0.3 is 6.18 Å². The Kier molecular flexibility index (Phi) is 5.64. The van der Waals surface area contributed by atoms with E-state index in [2.05, 4.69) is 19.2 Å². The molecule has 17 heavy (non-hydrogen) atoms. The summed E-state index contributed by atoms with van der Waals surface area (Å²) in [6.45, 7) is 5.20. The van der Waals surface area contributed by atoms with Crippen molar-refractivity contribution in [3.05, 3.63) is 0 Å². The highest BCUT2D eigenvalue weighted by Gasteiger charge is 2.28. The largest absolute Gasteiger partial charge is 0.389 e. The van der Waals surface area contributed by atoms with E-state index in [1.54, 1.807) is 0 Å². The third-order valence-corrected chi connectivity index (χ3v) is 4.55. The first-order chi connectivity index (χ1) is 7.79. The van der Waals surface area contributed by atoms with Gasteiger partial charge in [0.25, 0.3) is 0 Å². The van der Waals surface area contributed by atoms with Gasteiger partial charge in [0.15, 0.2) is 0 Å². The molecule has 0 saturated carbocycles. The number of hydrogen-bond acceptors (Lipinski definition) is 2. The van der Waals surface area contributed by atoms with Crippen LogP contribution in [0.15, 0.2) is 0 Å². The molecule has 1 aliphatic rings. The smallest absolute Gasteiger partial charge is 0.313 e. The van der Waals surface area contributed by atoms with E-state index in [0.29, 0.717) is 24.4 Å². The van der Waals surface area contributed by atoms with Crippen LogP contribution in [0.3, 0.4) is 0 Å². The second-order valence-electron chi connectivity index (χ2n) is 5.61. The van der Waals surface area contributed by atoms with Gasteiger partial charge in [-0.25, -0.2) is 0 Å². The van der Waals surface area contributed by atoms with Crippen molar-refractivity contribution >= 4 is 11.8 Å². The Balaban J connectivity index is 2.07. The first-order valence-corrected chi connectivity index (χ1v) is 7.32. The summed E-state index contributed by atoms with van der Waals surface area (Å²) in [6, 6.07) is 0.467. The van der Waals surface area contributed by atoms with E-state index in [1.165, 1.54) is 5.75 Å². The van der Waals surface area contributed by atoms with Gasteiger partial charge in [-0.1, -0.05) is 13.8 Å². The molecule has 0 aliphatic carbocycles. The van der Waals surface area contributed by atoms with Crippen LogP contribution in [0.25, 0.3) is 0 Å². The van der Waals surface area contributed by atoms with Gasteiger partial charge in [0.2, 0.25) is 0 Å². The molecule has 0 aromatic carbocycles. The van der Waals surface area contributed by atoms with Crippen molar-refractivity contribution < 1.29 is 13.2 Å². The molecule has 1 unspecified atom stereocenters. The fourth-order valence-electron chi connectivity index (χ4n) is 2.15. The Labute approximate surface area is 106 Å². The van der Waals surface area contributed by atoms with Crippen LogP contribution in [-0.2, 0) is 0 Å². The van der Waals surface area contributed by atoms with Gasteiger partial charge < -0.3 is 5.32 Å². The zero-order chi connectivity index (χ0) is 12.9. The minimum Gasteiger partial charge on any atom is -0.313 e. The predicted octanol–water partition coefficient (Wildman–Crippen LogP) is 3.84. The van der Waals surface area contributed by atoms with E-state index < -0.39 is 12.6 Å². The van der Waals surface area contributed by atoms with Gasteiger partial charge in [-0.15, -0.1) is 0 Å². The zero-order valence-electron chi connectivity index (χ0n) is 10.6. The number of unbranched alkanes of at least 4 members (excludes halogenated alkanes) is 1. The Morgan fingerprint density at radius 1 is 1.29 bits per heavy atom. The molecule has 5 heteroatoms. The highest BCUT2D eigenvalue weighted by molar-refractivity contribution is 7.99. The van der Waals surface area contributed by atoms with Crippen LogP contribution in [0.5, 0.6) is 0 Å². The third kappa shape index (κ3) is 7.19. The minimum absolute atomic E-state index is 0.236. The zero-order valence-corrected chi connectivity index (χ0v) is 11.4. The van der Waals surface area contributed by atoms with Gasteiger partial charge in [-0.05, 0) is 37.0 Å². The maximum atomic E-state index is 11.9. The Morgan fingerprint density at radius 2 is 2.00 bits per heavy atom. The van der Waals surface area contributed by atoms with E-state index in [9.17, 15) is 13.2 Å². The summed E-state index contributed by atoms with van der Waals surface area (Å²) < 4.78 is 35.7. The number of halogens is 3. The Morgan fingerprint density at radius 3 is 2.59 bits per heavy atom. The average Bonchev–Trinajstić information content (AvgIpc) is 2.13. The Hall–Kier alpha value is 0.100. The SMILES string of the molecule is CC1(C)CSCC(NCCCCC(F)(F)F)C1. The van der Waals surface area contributed by atoms with Crippen molar-refractivity contribution in [1.82, 2.24) is 5.32 Å². The molecule has 1 heterocycles. The van der Waals surface area contributed by atoms with Crippen LogP contribution in [0.4, 0.5) is 13.2 Å². The van der Waals surface area contributed by atoms with Gasteiger partial charge in [0.05, 0.1) is 0 Å². The van der Waals surface area contributed by atoms with E-state index in [-0.39, 0.29) is 6.42 Å². The van der Waals surface area contributed by atoms with Crippen molar-refractivity contribution in [3.63, 3.8) is 0 Å². The lowest BCUT2D eigenvalue weighted by Crippen LogP contribution is -2.40. The molecule has 0 amide bonds. The lowest BCUT2D eigenvalue weighted by molar-refractivity contribution is -0.135. The standard InChI is InChI=1S/C12H22F3NS/c1-11(2)7-10(8-17-9-11)16-6-4-3-5-12(13,14)15/h10,16H,3-9H2,1-2H3. The van der Waals surface area contributed by atoms with Crippen LogP contribution < -0.4 is 5.32 Å². The summed E-state index contributed by atoms with van der Waals surface area (Å²) in [5.74, 6) is 2.27. The molecule has 1 atom stereocenters.